The summed E-state index contributed by atoms with van der Waals surface area (Å²) in [4.78, 5) is 23.5. The van der Waals surface area contributed by atoms with E-state index in [-0.39, 0.29) is 23.8 Å². The predicted molar refractivity (Wildman–Crippen MR) is 108 cm³/mol. The van der Waals surface area contributed by atoms with Gasteiger partial charge in [0, 0.05) is 19.2 Å². The first-order chi connectivity index (χ1) is 14.4. The van der Waals surface area contributed by atoms with Gasteiger partial charge < -0.3 is 20.4 Å². The highest BCUT2D eigenvalue weighted by Crippen LogP contribution is 2.30. The fourth-order valence-corrected chi connectivity index (χ4v) is 4.13. The molecule has 9 heteroatoms. The lowest BCUT2D eigenvalue weighted by Crippen LogP contribution is -2.45. The molecular weight excluding hydrogens is 411 g/mol. The summed E-state index contributed by atoms with van der Waals surface area (Å²) in [6.45, 7) is 0.530. The average molecular weight is 435 g/mol. The molecule has 3 N–H and O–H groups in total. The third-order valence-corrected chi connectivity index (χ3v) is 6.08. The van der Waals surface area contributed by atoms with E-state index in [9.17, 15) is 19.4 Å². The Labute approximate surface area is 178 Å². The normalized spacial score (nSPS) is 21.5. The van der Waals surface area contributed by atoms with Crippen LogP contribution in [0.5, 0.6) is 0 Å². The van der Waals surface area contributed by atoms with Crippen molar-refractivity contribution in [2.24, 2.45) is 5.92 Å². The Kier molecular flexibility index (Phi) is 6.17. The molecule has 1 fully saturated rings. The van der Waals surface area contributed by atoms with Gasteiger partial charge >= 0.3 is 6.03 Å². The van der Waals surface area contributed by atoms with Crippen LogP contribution in [0.3, 0.4) is 0 Å². The fourth-order valence-electron chi connectivity index (χ4n) is 3.95. The van der Waals surface area contributed by atoms with Gasteiger partial charge in [-0.15, -0.1) is 0 Å². The van der Waals surface area contributed by atoms with Crippen LogP contribution < -0.4 is 5.32 Å². The monoisotopic (exact) mass is 434 g/mol. The van der Waals surface area contributed by atoms with Crippen LogP contribution >= 0.6 is 11.6 Å². The van der Waals surface area contributed by atoms with Crippen molar-refractivity contribution in [2.75, 3.05) is 13.2 Å². The first-order valence-corrected chi connectivity index (χ1v) is 10.4. The van der Waals surface area contributed by atoms with Crippen LogP contribution in [-0.4, -0.2) is 50.4 Å². The van der Waals surface area contributed by atoms with Crippen molar-refractivity contribution in [2.45, 2.75) is 44.4 Å². The minimum Gasteiger partial charge on any atom is -0.394 e. The van der Waals surface area contributed by atoms with Crippen LogP contribution in [0, 0.1) is 11.7 Å². The van der Waals surface area contributed by atoms with Gasteiger partial charge in [-0.1, -0.05) is 17.7 Å². The van der Waals surface area contributed by atoms with Gasteiger partial charge in [0.25, 0.3) is 0 Å². The van der Waals surface area contributed by atoms with Crippen molar-refractivity contribution in [3.63, 3.8) is 0 Å². The van der Waals surface area contributed by atoms with Crippen molar-refractivity contribution in [1.82, 2.24) is 20.2 Å². The standard InChI is InChI=1S/C21H24ClFN4O3/c22-16-8-13(1-2-17(16)23)19(11-28)26-21(30)27-4-3-14-9-24-20(25-18(14)10-27)7-12-5-15(29)6-12/h1-2,8-9,12,15,19,28-29H,3-7,10-11H2,(H,26,30)/t12?,15?,19-/m1/s1. The van der Waals surface area contributed by atoms with Crippen LogP contribution in [0.25, 0.3) is 0 Å². The highest BCUT2D eigenvalue weighted by molar-refractivity contribution is 6.30. The Morgan fingerprint density at radius 2 is 2.20 bits per heavy atom. The van der Waals surface area contributed by atoms with Gasteiger partial charge in [-0.2, -0.15) is 0 Å². The summed E-state index contributed by atoms with van der Waals surface area (Å²) < 4.78 is 13.4. The van der Waals surface area contributed by atoms with E-state index in [1.165, 1.54) is 18.2 Å². The number of carbonyl (C=O) groups excluding carboxylic acids is 1. The highest BCUT2D eigenvalue weighted by atomic mass is 35.5. The van der Waals surface area contributed by atoms with Crippen LogP contribution in [0.1, 0.15) is 41.5 Å². The Morgan fingerprint density at radius 3 is 2.90 bits per heavy atom. The van der Waals surface area contributed by atoms with Crippen molar-refractivity contribution in [3.05, 3.63) is 57.9 Å². The Bertz CT molecular complexity index is 938. The second kappa shape index (κ2) is 8.83. The number of rotatable bonds is 5. The number of hydrogen-bond acceptors (Lipinski definition) is 5. The summed E-state index contributed by atoms with van der Waals surface area (Å²) in [6, 6.07) is 3.08. The molecule has 2 amide bonds. The third kappa shape index (κ3) is 4.55. The van der Waals surface area contributed by atoms with E-state index < -0.39 is 11.9 Å². The van der Waals surface area contributed by atoms with Gasteiger partial charge in [0.15, 0.2) is 0 Å². The summed E-state index contributed by atoms with van der Waals surface area (Å²) in [5.41, 5.74) is 2.38. The number of aliphatic hydroxyl groups is 2. The van der Waals surface area contributed by atoms with E-state index >= 15 is 0 Å². The number of aromatic nitrogens is 2. The number of fused-ring (bicyclic) bond motifs is 1. The molecule has 0 radical (unpaired) electrons. The number of amides is 2. The van der Waals surface area contributed by atoms with Gasteiger partial charge in [0.05, 0.1) is 36.0 Å². The molecule has 160 valence electrons. The Morgan fingerprint density at radius 1 is 1.40 bits per heavy atom. The number of carbonyl (C=O) groups is 1. The molecule has 2 aromatic rings. The number of aliphatic hydroxyl groups excluding tert-OH is 2. The molecule has 0 saturated heterocycles. The average Bonchev–Trinajstić information content (AvgIpc) is 2.72. The summed E-state index contributed by atoms with van der Waals surface area (Å²) in [7, 11) is 0. The van der Waals surface area contributed by atoms with Crippen LogP contribution in [0.15, 0.2) is 24.4 Å². The molecule has 0 unspecified atom stereocenters. The molecule has 2 aliphatic rings. The largest absolute Gasteiger partial charge is 0.394 e. The molecule has 1 aliphatic heterocycles. The molecule has 1 saturated carbocycles. The lowest BCUT2D eigenvalue weighted by atomic mass is 9.80. The fraction of sp³-hybridized carbons (Fsp3) is 0.476. The zero-order valence-electron chi connectivity index (χ0n) is 16.4. The SMILES string of the molecule is O=C(N[C@H](CO)c1ccc(F)c(Cl)c1)N1CCc2cnc(CC3CC(O)C3)nc2C1. The highest BCUT2D eigenvalue weighted by Gasteiger charge is 2.29. The summed E-state index contributed by atoms with van der Waals surface area (Å²) >= 11 is 5.82. The molecule has 30 heavy (non-hydrogen) atoms. The lowest BCUT2D eigenvalue weighted by Gasteiger charge is -2.32. The summed E-state index contributed by atoms with van der Waals surface area (Å²) in [5, 5.41) is 21.9. The maximum Gasteiger partial charge on any atom is 0.318 e. The van der Waals surface area contributed by atoms with Gasteiger partial charge in [-0.25, -0.2) is 19.2 Å². The molecule has 4 rings (SSSR count). The number of nitrogens with zero attached hydrogens (tertiary/aromatic N) is 3. The van der Waals surface area contributed by atoms with E-state index in [0.717, 1.165) is 36.3 Å². The minimum atomic E-state index is -0.692. The molecular formula is C21H24ClFN4O3. The Balaban J connectivity index is 1.41. The maximum absolute atomic E-state index is 13.4. The van der Waals surface area contributed by atoms with E-state index in [2.05, 4.69) is 15.3 Å². The van der Waals surface area contributed by atoms with E-state index in [1.54, 1.807) is 4.90 Å². The van der Waals surface area contributed by atoms with E-state index in [0.29, 0.717) is 31.0 Å². The van der Waals surface area contributed by atoms with Crippen LogP contribution in [0.4, 0.5) is 9.18 Å². The van der Waals surface area contributed by atoms with Crippen LogP contribution in [0.2, 0.25) is 5.02 Å². The molecule has 1 aliphatic carbocycles. The zero-order chi connectivity index (χ0) is 21.3. The number of halogens is 2. The maximum atomic E-state index is 13.4. The van der Waals surface area contributed by atoms with E-state index in [1.807, 2.05) is 6.20 Å². The summed E-state index contributed by atoms with van der Waals surface area (Å²) in [5.74, 6) is 0.596. The molecule has 0 bridgehead atoms. The number of benzene rings is 1. The van der Waals surface area contributed by atoms with Gasteiger partial charge in [0.1, 0.15) is 11.6 Å². The molecule has 1 aromatic carbocycles. The first kappa shape index (κ1) is 21.0. The van der Waals surface area contributed by atoms with Gasteiger partial charge in [0.2, 0.25) is 0 Å². The lowest BCUT2D eigenvalue weighted by molar-refractivity contribution is 0.0423. The number of nitrogens with one attached hydrogen (secondary N) is 1. The smallest absolute Gasteiger partial charge is 0.318 e. The van der Waals surface area contributed by atoms with Gasteiger partial charge in [-0.05, 0) is 48.4 Å². The van der Waals surface area contributed by atoms with E-state index in [4.69, 9.17) is 11.6 Å². The molecule has 2 heterocycles. The molecule has 7 nitrogen and oxygen atoms in total. The third-order valence-electron chi connectivity index (χ3n) is 5.79. The van der Waals surface area contributed by atoms with Gasteiger partial charge in [-0.3, -0.25) is 0 Å². The van der Waals surface area contributed by atoms with Crippen molar-refractivity contribution in [1.29, 1.82) is 0 Å². The first-order valence-electron chi connectivity index (χ1n) is 10.1. The Hall–Kier alpha value is -2.29. The second-order valence-corrected chi connectivity index (χ2v) is 8.39. The summed E-state index contributed by atoms with van der Waals surface area (Å²) in [6.07, 6.45) is 4.57. The second-order valence-electron chi connectivity index (χ2n) is 7.98. The van der Waals surface area contributed by atoms with Crippen LogP contribution in [-0.2, 0) is 19.4 Å². The van der Waals surface area contributed by atoms with Crippen molar-refractivity contribution in [3.8, 4) is 0 Å². The van der Waals surface area contributed by atoms with Crippen molar-refractivity contribution >= 4 is 17.6 Å². The predicted octanol–water partition coefficient (Wildman–Crippen LogP) is 2.38. The number of urea groups is 1. The molecule has 1 aromatic heterocycles. The minimum absolute atomic E-state index is 0.0599. The number of hydrogen-bond donors (Lipinski definition) is 3. The zero-order valence-corrected chi connectivity index (χ0v) is 17.1. The molecule has 0 spiro atoms. The topological polar surface area (TPSA) is 98.6 Å². The van der Waals surface area contributed by atoms with Crippen molar-refractivity contribution < 1.29 is 19.4 Å². The molecule has 1 atom stereocenters. The quantitative estimate of drug-likeness (QED) is 0.671.